The molecule has 1 amide bonds. The molecule has 0 aliphatic carbocycles. The highest BCUT2D eigenvalue weighted by Gasteiger charge is 2.32. The van der Waals surface area contributed by atoms with Crippen LogP contribution in [0.2, 0.25) is 10.0 Å². The van der Waals surface area contributed by atoms with Gasteiger partial charge in [0.25, 0.3) is 0 Å². The zero-order valence-corrected chi connectivity index (χ0v) is 20.3. The fourth-order valence-corrected chi connectivity index (χ4v) is 4.82. The van der Waals surface area contributed by atoms with E-state index in [1.807, 2.05) is 78.7 Å². The smallest absolute Gasteiger partial charge is 0.234 e. The highest BCUT2D eigenvalue weighted by molar-refractivity contribution is 6.30. The molecular weight excluding hydrogens is 453 g/mol. The summed E-state index contributed by atoms with van der Waals surface area (Å²) in [6.07, 6.45) is 2.39. The minimum atomic E-state index is -0.466. The van der Waals surface area contributed by atoms with E-state index in [1.165, 1.54) is 12.8 Å². The molecule has 0 aromatic heterocycles. The monoisotopic (exact) mass is 481 g/mol. The van der Waals surface area contributed by atoms with Gasteiger partial charge in [0.2, 0.25) is 5.91 Å². The first-order valence-corrected chi connectivity index (χ1v) is 12.0. The van der Waals surface area contributed by atoms with Gasteiger partial charge in [0.05, 0.1) is 12.0 Å². The zero-order valence-electron chi connectivity index (χ0n) is 18.8. The van der Waals surface area contributed by atoms with Crippen LogP contribution < -0.4 is 5.73 Å². The van der Waals surface area contributed by atoms with Gasteiger partial charge in [0.1, 0.15) is 0 Å². The number of halogens is 2. The van der Waals surface area contributed by atoms with E-state index < -0.39 is 5.92 Å². The van der Waals surface area contributed by atoms with Crippen molar-refractivity contribution in [1.29, 1.82) is 0 Å². The standard InChI is InChI=1S/C27H29Cl2N3O/c1-31(25(18-32-15-2-3-16-32)21-5-4-6-24(30)17-21)27(33)26(19-7-11-22(28)12-8-19)20-9-13-23(29)14-10-20/h4-14,17,25-26H,2-3,15-16,18,30H2,1H3/t25-/m1/s1. The van der Waals surface area contributed by atoms with Crippen molar-refractivity contribution in [1.82, 2.24) is 9.80 Å². The second-order valence-corrected chi connectivity index (χ2v) is 9.55. The molecule has 4 rings (SSSR count). The average Bonchev–Trinajstić information content (AvgIpc) is 3.33. The van der Waals surface area contributed by atoms with Crippen molar-refractivity contribution in [2.45, 2.75) is 24.8 Å². The molecule has 2 N–H and O–H groups in total. The number of amides is 1. The van der Waals surface area contributed by atoms with Crippen LogP contribution in [0.15, 0.2) is 72.8 Å². The molecule has 0 radical (unpaired) electrons. The Morgan fingerprint density at radius 1 is 0.909 bits per heavy atom. The first kappa shape index (κ1) is 23.6. The second-order valence-electron chi connectivity index (χ2n) is 8.68. The number of carbonyl (C=O) groups is 1. The van der Waals surface area contributed by atoms with Crippen molar-refractivity contribution in [3.8, 4) is 0 Å². The highest BCUT2D eigenvalue weighted by atomic mass is 35.5. The van der Waals surface area contributed by atoms with Crippen LogP contribution >= 0.6 is 23.2 Å². The van der Waals surface area contributed by atoms with Crippen molar-refractivity contribution < 1.29 is 4.79 Å². The Hall–Kier alpha value is -2.53. The molecule has 4 nitrogen and oxygen atoms in total. The molecule has 1 fully saturated rings. The maximum Gasteiger partial charge on any atom is 0.234 e. The number of nitrogens with two attached hydrogens (primary N) is 1. The van der Waals surface area contributed by atoms with Crippen molar-refractivity contribution in [2.24, 2.45) is 0 Å². The highest BCUT2D eigenvalue weighted by Crippen LogP contribution is 2.33. The van der Waals surface area contributed by atoms with Crippen molar-refractivity contribution in [3.05, 3.63) is 99.5 Å². The normalized spacial score (nSPS) is 15.0. The molecule has 3 aromatic rings. The minimum absolute atomic E-state index is 0.0197. The molecule has 1 aliphatic heterocycles. The molecule has 33 heavy (non-hydrogen) atoms. The van der Waals surface area contributed by atoms with Crippen molar-refractivity contribution in [3.63, 3.8) is 0 Å². The van der Waals surface area contributed by atoms with Gasteiger partial charge in [-0.1, -0.05) is 59.6 Å². The van der Waals surface area contributed by atoms with Gasteiger partial charge in [-0.05, 0) is 79.0 Å². The van der Waals surface area contributed by atoms with Gasteiger partial charge in [-0.2, -0.15) is 0 Å². The third kappa shape index (κ3) is 5.70. The molecule has 0 unspecified atom stereocenters. The number of carbonyl (C=O) groups excluding carboxylic acids is 1. The Labute approximate surface area is 205 Å². The molecule has 0 saturated carbocycles. The topological polar surface area (TPSA) is 49.6 Å². The number of nitrogens with zero attached hydrogens (tertiary/aromatic N) is 2. The van der Waals surface area contributed by atoms with Gasteiger partial charge in [-0.15, -0.1) is 0 Å². The number of rotatable bonds is 7. The van der Waals surface area contributed by atoms with E-state index in [0.717, 1.165) is 36.3 Å². The summed E-state index contributed by atoms with van der Waals surface area (Å²) in [5, 5.41) is 1.28. The molecule has 1 saturated heterocycles. The van der Waals surface area contributed by atoms with Crippen LogP contribution in [0.5, 0.6) is 0 Å². The molecule has 1 aliphatic rings. The van der Waals surface area contributed by atoms with Crippen LogP contribution in [0.1, 0.15) is 41.5 Å². The Bertz CT molecular complexity index is 1030. The molecule has 3 aromatic carbocycles. The minimum Gasteiger partial charge on any atom is -0.399 e. The van der Waals surface area contributed by atoms with Gasteiger partial charge in [0, 0.05) is 29.3 Å². The predicted octanol–water partition coefficient (Wildman–Crippen LogP) is 6.00. The maximum atomic E-state index is 14.1. The van der Waals surface area contributed by atoms with Crippen molar-refractivity contribution >= 4 is 34.8 Å². The van der Waals surface area contributed by atoms with Gasteiger partial charge in [-0.3, -0.25) is 4.79 Å². The van der Waals surface area contributed by atoms with E-state index in [1.54, 1.807) is 0 Å². The lowest BCUT2D eigenvalue weighted by molar-refractivity contribution is -0.133. The summed E-state index contributed by atoms with van der Waals surface area (Å²) in [7, 11) is 1.89. The number of hydrogen-bond acceptors (Lipinski definition) is 3. The van der Waals surface area contributed by atoms with Gasteiger partial charge < -0.3 is 15.5 Å². The molecule has 0 spiro atoms. The summed E-state index contributed by atoms with van der Waals surface area (Å²) in [5.41, 5.74) is 9.64. The number of likely N-dealkylation sites (tertiary alicyclic amines) is 1. The van der Waals surface area contributed by atoms with Crippen LogP contribution in [0.3, 0.4) is 0 Å². The van der Waals surface area contributed by atoms with Crippen LogP contribution in [0, 0.1) is 0 Å². The maximum absolute atomic E-state index is 14.1. The average molecular weight is 482 g/mol. The first-order chi connectivity index (χ1) is 15.9. The quantitative estimate of drug-likeness (QED) is 0.420. The van der Waals surface area contributed by atoms with E-state index in [0.29, 0.717) is 15.7 Å². The molecule has 6 heteroatoms. The Morgan fingerprint density at radius 2 is 1.45 bits per heavy atom. The van der Waals surface area contributed by atoms with E-state index in [4.69, 9.17) is 28.9 Å². The third-order valence-corrected chi connectivity index (χ3v) is 6.90. The first-order valence-electron chi connectivity index (χ1n) is 11.3. The van der Waals surface area contributed by atoms with Gasteiger partial charge in [-0.25, -0.2) is 0 Å². The summed E-state index contributed by atoms with van der Waals surface area (Å²) < 4.78 is 0. The Balaban J connectivity index is 1.71. The summed E-state index contributed by atoms with van der Waals surface area (Å²) in [6.45, 7) is 2.89. The summed E-state index contributed by atoms with van der Waals surface area (Å²) in [5.74, 6) is -0.446. The fourth-order valence-electron chi connectivity index (χ4n) is 4.57. The van der Waals surface area contributed by atoms with Gasteiger partial charge >= 0.3 is 0 Å². The number of likely N-dealkylation sites (N-methyl/N-ethyl adjacent to an activating group) is 1. The van der Waals surface area contributed by atoms with Crippen LogP contribution in [0.4, 0.5) is 5.69 Å². The van der Waals surface area contributed by atoms with E-state index in [-0.39, 0.29) is 11.9 Å². The van der Waals surface area contributed by atoms with Crippen LogP contribution in [-0.4, -0.2) is 42.4 Å². The van der Waals surface area contributed by atoms with Crippen LogP contribution in [0.25, 0.3) is 0 Å². The number of nitrogen functional groups attached to an aromatic ring is 1. The number of anilines is 1. The van der Waals surface area contributed by atoms with Crippen LogP contribution in [-0.2, 0) is 4.79 Å². The predicted molar refractivity (Wildman–Crippen MR) is 137 cm³/mol. The number of hydrogen-bond donors (Lipinski definition) is 1. The summed E-state index contributed by atoms with van der Waals surface area (Å²) in [4.78, 5) is 18.4. The second kappa shape index (κ2) is 10.6. The largest absolute Gasteiger partial charge is 0.399 e. The molecule has 0 bridgehead atoms. The van der Waals surface area contributed by atoms with E-state index >= 15 is 0 Å². The molecule has 1 atom stereocenters. The summed E-state index contributed by atoms with van der Waals surface area (Å²) >= 11 is 12.3. The Kier molecular flexibility index (Phi) is 7.59. The molecular formula is C27H29Cl2N3O. The molecule has 1 heterocycles. The summed E-state index contributed by atoms with van der Waals surface area (Å²) in [6, 6.07) is 22.7. The molecule has 172 valence electrons. The SMILES string of the molecule is CN(C(=O)C(c1ccc(Cl)cc1)c1ccc(Cl)cc1)[C@H](CN1CCCC1)c1cccc(N)c1. The lowest BCUT2D eigenvalue weighted by Gasteiger charge is -2.34. The Morgan fingerprint density at radius 3 is 1.97 bits per heavy atom. The number of benzene rings is 3. The zero-order chi connectivity index (χ0) is 23.4. The third-order valence-electron chi connectivity index (χ3n) is 6.39. The lowest BCUT2D eigenvalue weighted by Crippen LogP contribution is -2.41. The van der Waals surface area contributed by atoms with Gasteiger partial charge in [0.15, 0.2) is 0 Å². The van der Waals surface area contributed by atoms with E-state index in [9.17, 15) is 4.79 Å². The fraction of sp³-hybridized carbons (Fsp3) is 0.296. The lowest BCUT2D eigenvalue weighted by atomic mass is 9.89. The van der Waals surface area contributed by atoms with E-state index in [2.05, 4.69) is 11.0 Å². The van der Waals surface area contributed by atoms with Crippen molar-refractivity contribution in [2.75, 3.05) is 32.4 Å².